The molecule has 5 aromatic rings. The predicted octanol–water partition coefficient (Wildman–Crippen LogP) is 6.27. The van der Waals surface area contributed by atoms with Gasteiger partial charge in [-0.15, -0.1) is 11.3 Å². The molecule has 0 bridgehead atoms. The molecular weight excluding hydrogens is 427 g/mol. The van der Waals surface area contributed by atoms with E-state index in [0.29, 0.717) is 0 Å². The van der Waals surface area contributed by atoms with Gasteiger partial charge in [0.05, 0.1) is 11.2 Å². The molecule has 2 nitrogen and oxygen atoms in total. The fourth-order valence-corrected chi connectivity index (χ4v) is 4.73. The highest BCUT2D eigenvalue weighted by molar-refractivity contribution is 14.1. The van der Waals surface area contributed by atoms with Crippen molar-refractivity contribution in [3.63, 3.8) is 0 Å². The fourth-order valence-electron chi connectivity index (χ4n) is 3.14. The van der Waals surface area contributed by atoms with Crippen LogP contribution in [0.1, 0.15) is 0 Å². The molecule has 0 aliphatic rings. The van der Waals surface area contributed by atoms with Crippen molar-refractivity contribution in [1.82, 2.24) is 9.97 Å². The minimum Gasteiger partial charge on any atom is -0.223 e. The molecule has 2 aromatic heterocycles. The molecule has 114 valence electrons. The van der Waals surface area contributed by atoms with Gasteiger partial charge < -0.3 is 0 Å². The highest BCUT2D eigenvalue weighted by atomic mass is 127. The molecule has 0 amide bonds. The minimum absolute atomic E-state index is 0.775. The molecule has 0 atom stereocenters. The Kier molecular flexibility index (Phi) is 3.28. The molecule has 3 aromatic carbocycles. The van der Waals surface area contributed by atoms with Crippen molar-refractivity contribution in [2.24, 2.45) is 0 Å². The largest absolute Gasteiger partial charge is 0.223 e. The second-order valence-electron chi connectivity index (χ2n) is 5.67. The molecule has 0 radical (unpaired) electrons. The van der Waals surface area contributed by atoms with Gasteiger partial charge in [-0.25, -0.2) is 9.97 Å². The molecule has 5 rings (SSSR count). The number of rotatable bonds is 1. The summed E-state index contributed by atoms with van der Waals surface area (Å²) in [6, 6.07) is 23.4. The van der Waals surface area contributed by atoms with Gasteiger partial charge in [0, 0.05) is 53.7 Å². The molecule has 0 saturated heterocycles. The van der Waals surface area contributed by atoms with Gasteiger partial charge in [0.2, 0.25) is 0 Å². The predicted molar refractivity (Wildman–Crippen MR) is 111 cm³/mol. The third-order valence-corrected chi connectivity index (χ3v) is 5.86. The van der Waals surface area contributed by atoms with E-state index in [1.54, 1.807) is 0 Å². The van der Waals surface area contributed by atoms with Crippen molar-refractivity contribution in [1.29, 1.82) is 0 Å². The lowest BCUT2D eigenvalue weighted by Crippen LogP contribution is -1.93. The first-order valence-corrected chi connectivity index (χ1v) is 9.53. The summed E-state index contributed by atoms with van der Waals surface area (Å²) in [4.78, 5) is 9.26. The number of aromatic nitrogens is 2. The van der Waals surface area contributed by atoms with Crippen LogP contribution in [0.2, 0.25) is 0 Å². The summed E-state index contributed by atoms with van der Waals surface area (Å²) >= 11 is 4.03. The summed E-state index contributed by atoms with van der Waals surface area (Å²) in [7, 11) is 0. The van der Waals surface area contributed by atoms with Crippen LogP contribution in [0, 0.1) is 3.83 Å². The first kappa shape index (κ1) is 14.3. The van der Waals surface area contributed by atoms with E-state index >= 15 is 0 Å². The number of fused-ring (bicyclic) bond motifs is 4. The average molecular weight is 438 g/mol. The lowest BCUT2D eigenvalue weighted by atomic mass is 10.0. The van der Waals surface area contributed by atoms with Gasteiger partial charge in [0.25, 0.3) is 0 Å². The fraction of sp³-hybridized carbons (Fsp3) is 0. The smallest absolute Gasteiger partial charge is 0.191 e. The third-order valence-electron chi connectivity index (χ3n) is 4.23. The van der Waals surface area contributed by atoms with Crippen LogP contribution >= 0.6 is 33.9 Å². The zero-order valence-corrected chi connectivity index (χ0v) is 15.5. The Morgan fingerprint density at radius 3 is 2.38 bits per heavy atom. The van der Waals surface area contributed by atoms with Crippen LogP contribution in [0.5, 0.6) is 0 Å². The zero-order chi connectivity index (χ0) is 16.1. The van der Waals surface area contributed by atoms with Crippen LogP contribution in [0.4, 0.5) is 0 Å². The van der Waals surface area contributed by atoms with E-state index < -0.39 is 0 Å². The second-order valence-corrected chi connectivity index (χ2v) is 7.72. The van der Waals surface area contributed by atoms with Gasteiger partial charge in [-0.1, -0.05) is 42.5 Å². The standard InChI is InChI=1S/C20H11IN2S/c21-20-22-16-7-3-1-6-14(16)19(23-20)12-9-10-18-15(11-12)13-5-2-4-8-17(13)24-18/h1-11H. The Balaban J connectivity index is 1.85. The first-order valence-electron chi connectivity index (χ1n) is 7.63. The Bertz CT molecular complexity index is 1230. The summed E-state index contributed by atoms with van der Waals surface area (Å²) in [5.41, 5.74) is 3.13. The van der Waals surface area contributed by atoms with Crippen LogP contribution < -0.4 is 0 Å². The zero-order valence-electron chi connectivity index (χ0n) is 12.5. The summed E-state index contributed by atoms with van der Waals surface area (Å²) in [6.07, 6.45) is 0. The quantitative estimate of drug-likeness (QED) is 0.228. The third kappa shape index (κ3) is 2.21. The molecule has 0 aliphatic heterocycles. The van der Waals surface area contributed by atoms with E-state index in [2.05, 4.69) is 76.1 Å². The first-order chi connectivity index (χ1) is 11.8. The number of para-hydroxylation sites is 1. The number of halogens is 1. The normalized spacial score (nSPS) is 11.5. The number of hydrogen-bond acceptors (Lipinski definition) is 3. The Hall–Kier alpha value is -2.05. The maximum Gasteiger partial charge on any atom is 0.191 e. The average Bonchev–Trinajstić information content (AvgIpc) is 2.99. The van der Waals surface area contributed by atoms with E-state index in [1.165, 1.54) is 20.2 Å². The van der Waals surface area contributed by atoms with Crippen molar-refractivity contribution in [3.8, 4) is 11.3 Å². The summed E-state index contributed by atoms with van der Waals surface area (Å²) in [6.45, 7) is 0. The van der Waals surface area contributed by atoms with Crippen molar-refractivity contribution in [3.05, 3.63) is 70.6 Å². The molecule has 2 heterocycles. The van der Waals surface area contributed by atoms with Crippen molar-refractivity contribution >= 4 is 65.0 Å². The molecule has 0 saturated carbocycles. The highest BCUT2D eigenvalue weighted by Crippen LogP contribution is 2.37. The Labute approximate surface area is 156 Å². The second kappa shape index (κ2) is 5.50. The lowest BCUT2D eigenvalue weighted by Gasteiger charge is -2.07. The molecule has 0 unspecified atom stereocenters. The number of nitrogens with zero attached hydrogens (tertiary/aromatic N) is 2. The molecule has 0 N–H and O–H groups in total. The SMILES string of the molecule is Ic1nc(-c2ccc3sc4ccccc4c3c2)c2ccccc2n1. The van der Waals surface area contributed by atoms with Crippen LogP contribution in [-0.4, -0.2) is 9.97 Å². The van der Waals surface area contributed by atoms with Crippen LogP contribution in [-0.2, 0) is 0 Å². The Morgan fingerprint density at radius 2 is 1.46 bits per heavy atom. The van der Waals surface area contributed by atoms with Gasteiger partial charge in [0.15, 0.2) is 3.83 Å². The van der Waals surface area contributed by atoms with Crippen molar-refractivity contribution in [2.75, 3.05) is 0 Å². The molecule has 4 heteroatoms. The number of benzene rings is 3. The van der Waals surface area contributed by atoms with Crippen molar-refractivity contribution in [2.45, 2.75) is 0 Å². The van der Waals surface area contributed by atoms with E-state index in [4.69, 9.17) is 4.98 Å². The van der Waals surface area contributed by atoms with E-state index in [0.717, 1.165) is 26.0 Å². The van der Waals surface area contributed by atoms with Gasteiger partial charge >= 0.3 is 0 Å². The van der Waals surface area contributed by atoms with Crippen molar-refractivity contribution < 1.29 is 0 Å². The van der Waals surface area contributed by atoms with E-state index in [1.807, 2.05) is 29.5 Å². The molecule has 0 aliphatic carbocycles. The van der Waals surface area contributed by atoms with E-state index in [9.17, 15) is 0 Å². The topological polar surface area (TPSA) is 25.8 Å². The van der Waals surface area contributed by atoms with Crippen LogP contribution in [0.3, 0.4) is 0 Å². The number of thiophene rings is 1. The van der Waals surface area contributed by atoms with Gasteiger partial charge in [-0.2, -0.15) is 0 Å². The van der Waals surface area contributed by atoms with Gasteiger partial charge in [-0.05, 0) is 24.3 Å². The highest BCUT2D eigenvalue weighted by Gasteiger charge is 2.11. The van der Waals surface area contributed by atoms with Gasteiger partial charge in [0.1, 0.15) is 0 Å². The minimum atomic E-state index is 0.775. The summed E-state index contributed by atoms with van der Waals surface area (Å²) in [5, 5.41) is 3.70. The van der Waals surface area contributed by atoms with Crippen LogP contribution in [0.25, 0.3) is 42.3 Å². The monoisotopic (exact) mass is 438 g/mol. The summed E-state index contributed by atoms with van der Waals surface area (Å²) < 4.78 is 3.41. The number of hydrogen-bond donors (Lipinski definition) is 0. The van der Waals surface area contributed by atoms with Crippen LogP contribution in [0.15, 0.2) is 66.7 Å². The lowest BCUT2D eigenvalue weighted by molar-refractivity contribution is 1.16. The maximum atomic E-state index is 4.72. The molecule has 0 fully saturated rings. The summed E-state index contributed by atoms with van der Waals surface area (Å²) in [5.74, 6) is 0. The Morgan fingerprint density at radius 1 is 0.708 bits per heavy atom. The molecular formula is C20H11IN2S. The van der Waals surface area contributed by atoms with Gasteiger partial charge in [-0.3, -0.25) is 0 Å². The molecule has 0 spiro atoms. The maximum absolute atomic E-state index is 4.72. The van der Waals surface area contributed by atoms with E-state index in [-0.39, 0.29) is 0 Å². The molecule has 24 heavy (non-hydrogen) atoms.